The van der Waals surface area contributed by atoms with Crippen molar-refractivity contribution < 1.29 is 0 Å². The Morgan fingerprint density at radius 1 is 1.18 bits per heavy atom. The molecule has 4 heteroatoms. The maximum atomic E-state index is 3.60. The quantitative estimate of drug-likeness (QED) is 0.651. The van der Waals surface area contributed by atoms with Gasteiger partial charge in [0, 0.05) is 5.54 Å². The number of unbranched alkanes of at least 4 members (excludes halogenated alkanes) is 2. The Bertz CT molecular complexity index is 342. The molecule has 98 valence electrons. The molecule has 0 saturated heterocycles. The van der Waals surface area contributed by atoms with E-state index in [1.54, 1.807) is 11.3 Å². The Balaban J connectivity index is 2.11. The average Bonchev–Trinajstić information content (AvgIpc) is 2.49. The molecular weight excluding hydrogens is 362 g/mol. The van der Waals surface area contributed by atoms with Gasteiger partial charge in [-0.15, -0.1) is 11.3 Å². The van der Waals surface area contributed by atoms with E-state index in [0.717, 1.165) is 6.54 Å². The molecular formula is C13H21Br2NS. The summed E-state index contributed by atoms with van der Waals surface area (Å²) in [6, 6.07) is 2.22. The van der Waals surface area contributed by atoms with Crippen molar-refractivity contribution in [3.63, 3.8) is 0 Å². The highest BCUT2D eigenvalue weighted by molar-refractivity contribution is 9.12. The number of thiophene rings is 1. The number of hydrogen-bond donors (Lipinski definition) is 1. The Labute approximate surface area is 126 Å². The Morgan fingerprint density at radius 2 is 1.88 bits per heavy atom. The van der Waals surface area contributed by atoms with Crippen LogP contribution in [0.1, 0.15) is 45.6 Å². The molecule has 0 saturated carbocycles. The minimum Gasteiger partial charge on any atom is -0.312 e. The molecule has 0 radical (unpaired) electrons. The zero-order valence-corrected chi connectivity index (χ0v) is 14.8. The summed E-state index contributed by atoms with van der Waals surface area (Å²) >= 11 is 8.88. The maximum absolute atomic E-state index is 3.60. The van der Waals surface area contributed by atoms with Crippen LogP contribution in [0.15, 0.2) is 13.6 Å². The van der Waals surface area contributed by atoms with Crippen LogP contribution in [0.4, 0.5) is 0 Å². The highest BCUT2D eigenvalue weighted by Crippen LogP contribution is 2.32. The van der Waals surface area contributed by atoms with Gasteiger partial charge < -0.3 is 5.32 Å². The molecule has 0 bridgehead atoms. The number of halogens is 2. The van der Waals surface area contributed by atoms with Crippen molar-refractivity contribution in [2.75, 3.05) is 6.54 Å². The van der Waals surface area contributed by atoms with Gasteiger partial charge in [0.2, 0.25) is 0 Å². The van der Waals surface area contributed by atoms with E-state index in [9.17, 15) is 0 Å². The number of nitrogens with one attached hydrogen (secondary N) is 1. The molecule has 0 amide bonds. The zero-order chi connectivity index (χ0) is 12.9. The Morgan fingerprint density at radius 3 is 2.41 bits per heavy atom. The fourth-order valence-electron chi connectivity index (χ4n) is 1.63. The summed E-state index contributed by atoms with van der Waals surface area (Å²) in [5.74, 6) is 0. The SMILES string of the molecule is CC(C)(C)NCCCCCc1cc(Br)sc1Br. The summed E-state index contributed by atoms with van der Waals surface area (Å²) in [7, 11) is 0. The summed E-state index contributed by atoms with van der Waals surface area (Å²) < 4.78 is 2.49. The van der Waals surface area contributed by atoms with Gasteiger partial charge in [-0.3, -0.25) is 0 Å². The largest absolute Gasteiger partial charge is 0.312 e. The van der Waals surface area contributed by atoms with Crippen molar-refractivity contribution in [3.8, 4) is 0 Å². The van der Waals surface area contributed by atoms with Gasteiger partial charge in [0.15, 0.2) is 0 Å². The predicted molar refractivity (Wildman–Crippen MR) is 85.0 cm³/mol. The molecule has 17 heavy (non-hydrogen) atoms. The highest BCUT2D eigenvalue weighted by Gasteiger charge is 2.07. The summed E-state index contributed by atoms with van der Waals surface area (Å²) in [5.41, 5.74) is 1.69. The third kappa shape index (κ3) is 6.94. The van der Waals surface area contributed by atoms with Crippen LogP contribution in [-0.4, -0.2) is 12.1 Å². The van der Waals surface area contributed by atoms with Crippen molar-refractivity contribution in [2.45, 2.75) is 52.0 Å². The molecule has 0 fully saturated rings. The molecule has 0 spiro atoms. The molecule has 0 aliphatic heterocycles. The van der Waals surface area contributed by atoms with E-state index in [0.29, 0.717) is 0 Å². The van der Waals surface area contributed by atoms with Crippen LogP contribution in [-0.2, 0) is 6.42 Å². The normalized spacial score (nSPS) is 12.1. The molecule has 1 heterocycles. The van der Waals surface area contributed by atoms with E-state index in [4.69, 9.17) is 0 Å². The number of aryl methyl sites for hydroxylation is 1. The fourth-order valence-corrected chi connectivity index (χ4v) is 4.54. The second-order valence-electron chi connectivity index (χ2n) is 5.34. The molecule has 1 aromatic heterocycles. The summed E-state index contributed by atoms with van der Waals surface area (Å²) in [5, 5.41) is 3.52. The van der Waals surface area contributed by atoms with E-state index in [2.05, 4.69) is 64.0 Å². The average molecular weight is 383 g/mol. The topological polar surface area (TPSA) is 12.0 Å². The van der Waals surface area contributed by atoms with Crippen LogP contribution in [0.2, 0.25) is 0 Å². The van der Waals surface area contributed by atoms with Gasteiger partial charge in [0.25, 0.3) is 0 Å². The van der Waals surface area contributed by atoms with Gasteiger partial charge in [-0.1, -0.05) is 6.42 Å². The predicted octanol–water partition coefficient (Wildman–Crippen LogP) is 5.37. The Kier molecular flexibility index (Phi) is 6.70. The zero-order valence-electron chi connectivity index (χ0n) is 10.8. The van der Waals surface area contributed by atoms with Crippen molar-refractivity contribution in [3.05, 3.63) is 19.2 Å². The molecule has 1 aromatic rings. The third-order valence-electron chi connectivity index (χ3n) is 2.51. The first kappa shape index (κ1) is 15.7. The molecule has 0 atom stereocenters. The molecule has 0 aromatic carbocycles. The van der Waals surface area contributed by atoms with Crippen molar-refractivity contribution in [1.82, 2.24) is 5.32 Å². The molecule has 0 unspecified atom stereocenters. The van der Waals surface area contributed by atoms with Crippen molar-refractivity contribution in [1.29, 1.82) is 0 Å². The van der Waals surface area contributed by atoms with E-state index in [1.807, 2.05) is 0 Å². The van der Waals surface area contributed by atoms with Gasteiger partial charge in [0.1, 0.15) is 0 Å². The van der Waals surface area contributed by atoms with E-state index in [1.165, 1.54) is 38.8 Å². The monoisotopic (exact) mass is 381 g/mol. The van der Waals surface area contributed by atoms with Gasteiger partial charge in [-0.25, -0.2) is 0 Å². The summed E-state index contributed by atoms with van der Waals surface area (Å²) in [4.78, 5) is 0. The van der Waals surface area contributed by atoms with Crippen LogP contribution in [0.5, 0.6) is 0 Å². The standard InChI is InChI=1S/C13H21Br2NS/c1-13(2,3)16-8-6-4-5-7-10-9-11(14)17-12(10)15/h9,16H,4-8H2,1-3H3. The minimum absolute atomic E-state index is 0.251. The third-order valence-corrected chi connectivity index (χ3v) is 4.97. The first-order valence-electron chi connectivity index (χ1n) is 6.07. The van der Waals surface area contributed by atoms with E-state index in [-0.39, 0.29) is 5.54 Å². The highest BCUT2D eigenvalue weighted by atomic mass is 79.9. The lowest BCUT2D eigenvalue weighted by Crippen LogP contribution is -2.36. The molecule has 0 aliphatic carbocycles. The van der Waals surface area contributed by atoms with Gasteiger partial charge >= 0.3 is 0 Å². The smallest absolute Gasteiger partial charge is 0.0742 e. The summed E-state index contributed by atoms with van der Waals surface area (Å²) in [6.45, 7) is 7.77. The fraction of sp³-hybridized carbons (Fsp3) is 0.692. The maximum Gasteiger partial charge on any atom is 0.0742 e. The molecule has 0 aliphatic rings. The van der Waals surface area contributed by atoms with Crippen molar-refractivity contribution >= 4 is 43.2 Å². The second-order valence-corrected chi connectivity index (χ2v) is 9.09. The number of rotatable bonds is 6. The first-order chi connectivity index (χ1) is 7.88. The lowest BCUT2D eigenvalue weighted by atomic mass is 10.1. The van der Waals surface area contributed by atoms with Crippen LogP contribution < -0.4 is 5.32 Å². The van der Waals surface area contributed by atoms with E-state index >= 15 is 0 Å². The molecule has 1 rings (SSSR count). The van der Waals surface area contributed by atoms with Gasteiger partial charge in [0.05, 0.1) is 7.57 Å². The number of hydrogen-bond acceptors (Lipinski definition) is 2. The summed E-state index contributed by atoms with van der Waals surface area (Å²) in [6.07, 6.45) is 5.01. The molecule has 1 nitrogen and oxygen atoms in total. The van der Waals surface area contributed by atoms with Crippen LogP contribution >= 0.6 is 43.2 Å². The van der Waals surface area contributed by atoms with Crippen LogP contribution in [0, 0.1) is 0 Å². The minimum atomic E-state index is 0.251. The Hall–Kier alpha value is 0.620. The second kappa shape index (κ2) is 7.27. The molecule has 1 N–H and O–H groups in total. The van der Waals surface area contributed by atoms with Crippen LogP contribution in [0.25, 0.3) is 0 Å². The van der Waals surface area contributed by atoms with E-state index < -0.39 is 0 Å². The van der Waals surface area contributed by atoms with Crippen molar-refractivity contribution in [2.24, 2.45) is 0 Å². The first-order valence-corrected chi connectivity index (χ1v) is 8.47. The lowest BCUT2D eigenvalue weighted by Gasteiger charge is -2.20. The van der Waals surface area contributed by atoms with Gasteiger partial charge in [-0.05, 0) is 90.1 Å². The lowest BCUT2D eigenvalue weighted by molar-refractivity contribution is 0.417. The van der Waals surface area contributed by atoms with Gasteiger partial charge in [-0.2, -0.15) is 0 Å². The van der Waals surface area contributed by atoms with Crippen LogP contribution in [0.3, 0.4) is 0 Å².